The van der Waals surface area contributed by atoms with Crippen LogP contribution in [-0.4, -0.2) is 41.7 Å². The lowest BCUT2D eigenvalue weighted by atomic mass is 10.3. The molecule has 0 aliphatic rings. The molecule has 0 unspecified atom stereocenters. The van der Waals surface area contributed by atoms with E-state index in [4.69, 9.17) is 4.74 Å². The predicted octanol–water partition coefficient (Wildman–Crippen LogP) is 1.80. The monoisotopic (exact) mass is 393 g/mol. The summed E-state index contributed by atoms with van der Waals surface area (Å²) >= 11 is 0. The Morgan fingerprint density at radius 1 is 1.22 bits per heavy atom. The Balaban J connectivity index is 1.64. The van der Waals surface area contributed by atoms with Crippen molar-refractivity contribution in [3.05, 3.63) is 47.3 Å². The average molecular weight is 393 g/mol. The highest BCUT2D eigenvalue weighted by Crippen LogP contribution is 2.20. The van der Waals surface area contributed by atoms with Crippen LogP contribution >= 0.6 is 0 Å². The van der Waals surface area contributed by atoms with Gasteiger partial charge >= 0.3 is 0 Å². The highest BCUT2D eigenvalue weighted by Gasteiger charge is 2.16. The van der Waals surface area contributed by atoms with Crippen LogP contribution in [0.15, 0.2) is 29.2 Å². The fourth-order valence-electron chi connectivity index (χ4n) is 2.81. The van der Waals surface area contributed by atoms with Crippen LogP contribution < -0.4 is 9.46 Å². The van der Waals surface area contributed by atoms with Crippen LogP contribution in [0.3, 0.4) is 0 Å². The lowest BCUT2D eigenvalue weighted by Crippen LogP contribution is -2.25. The predicted molar refractivity (Wildman–Crippen MR) is 96.7 cm³/mol. The van der Waals surface area contributed by atoms with Crippen molar-refractivity contribution in [2.45, 2.75) is 31.6 Å². The second-order valence-corrected chi connectivity index (χ2v) is 7.86. The fraction of sp³-hybridized carbons (Fsp3) is 0.353. The van der Waals surface area contributed by atoms with Gasteiger partial charge in [0, 0.05) is 24.4 Å². The molecule has 0 radical (unpaired) electrons. The second kappa shape index (κ2) is 7.57. The van der Waals surface area contributed by atoms with E-state index in [1.165, 1.54) is 19.2 Å². The average Bonchev–Trinajstić information content (AvgIpc) is 3.01. The van der Waals surface area contributed by atoms with E-state index in [-0.39, 0.29) is 17.2 Å². The highest BCUT2D eigenvalue weighted by molar-refractivity contribution is 7.89. The van der Waals surface area contributed by atoms with E-state index < -0.39 is 15.8 Å². The topological polar surface area (TPSA) is 98.5 Å². The number of methoxy groups -OCH3 is 1. The first-order chi connectivity index (χ1) is 12.8. The molecule has 0 spiro atoms. The van der Waals surface area contributed by atoms with Crippen molar-refractivity contribution in [2.75, 3.05) is 13.7 Å². The van der Waals surface area contributed by atoms with Crippen molar-refractivity contribution in [3.63, 3.8) is 0 Å². The molecule has 0 atom stereocenters. The molecule has 2 heterocycles. The summed E-state index contributed by atoms with van der Waals surface area (Å²) in [6, 6.07) is 5.45. The minimum Gasteiger partial charge on any atom is -0.494 e. The summed E-state index contributed by atoms with van der Waals surface area (Å²) in [6.07, 6.45) is 1.03. The lowest BCUT2D eigenvalue weighted by molar-refractivity contribution is 0.385. The summed E-state index contributed by atoms with van der Waals surface area (Å²) in [5.74, 6) is 0.502. The molecule has 3 aromatic rings. The van der Waals surface area contributed by atoms with Gasteiger partial charge in [-0.25, -0.2) is 22.5 Å². The van der Waals surface area contributed by atoms with Gasteiger partial charge in [0.15, 0.2) is 11.6 Å². The van der Waals surface area contributed by atoms with E-state index in [9.17, 15) is 12.8 Å². The third-order valence-electron chi connectivity index (χ3n) is 4.06. The molecule has 0 amide bonds. The van der Waals surface area contributed by atoms with E-state index in [1.807, 2.05) is 24.3 Å². The Hall–Kier alpha value is -2.59. The zero-order valence-corrected chi connectivity index (χ0v) is 16.0. The molecule has 1 aromatic carbocycles. The third kappa shape index (κ3) is 4.06. The largest absolute Gasteiger partial charge is 0.494 e. The van der Waals surface area contributed by atoms with Crippen molar-refractivity contribution in [3.8, 4) is 5.75 Å². The molecule has 3 rings (SSSR count). The molecule has 0 saturated carbocycles. The molecule has 144 valence electrons. The van der Waals surface area contributed by atoms with Crippen molar-refractivity contribution in [2.24, 2.45) is 0 Å². The van der Waals surface area contributed by atoms with Crippen LogP contribution in [0.5, 0.6) is 5.75 Å². The summed E-state index contributed by atoms with van der Waals surface area (Å²) in [4.78, 5) is 4.17. The van der Waals surface area contributed by atoms with Gasteiger partial charge in [0.25, 0.3) is 5.78 Å². The van der Waals surface area contributed by atoms with Gasteiger partial charge in [-0.2, -0.15) is 0 Å². The molecule has 2 aromatic heterocycles. The molecule has 0 fully saturated rings. The summed E-state index contributed by atoms with van der Waals surface area (Å²) in [7, 11) is -2.49. The second-order valence-electron chi connectivity index (χ2n) is 6.09. The van der Waals surface area contributed by atoms with Crippen LogP contribution in [0.2, 0.25) is 0 Å². The van der Waals surface area contributed by atoms with E-state index in [0.717, 1.165) is 17.5 Å². The third-order valence-corrected chi connectivity index (χ3v) is 5.52. The highest BCUT2D eigenvalue weighted by atomic mass is 32.2. The number of aryl methyl sites for hydroxylation is 3. The molecule has 0 aliphatic carbocycles. The standard InChI is InChI=1S/C17H20FN5O3S/c1-11-9-12(2)23-16(21-22-17(23)20-11)5-4-8-19-27(24,25)13-6-7-15(26-3)14(18)10-13/h6-7,9-10,19H,4-5,8H2,1-3H3. The maximum absolute atomic E-state index is 13.7. The summed E-state index contributed by atoms with van der Waals surface area (Å²) < 4.78 is 47.4. The first kappa shape index (κ1) is 19.2. The number of rotatable bonds is 7. The smallest absolute Gasteiger partial charge is 0.255 e. The zero-order chi connectivity index (χ0) is 19.6. The summed E-state index contributed by atoms with van der Waals surface area (Å²) in [5.41, 5.74) is 1.82. The van der Waals surface area contributed by atoms with Crippen molar-refractivity contribution >= 4 is 15.8 Å². The fourth-order valence-corrected chi connectivity index (χ4v) is 3.90. The van der Waals surface area contributed by atoms with Gasteiger partial charge in [-0.1, -0.05) is 0 Å². The van der Waals surface area contributed by atoms with Gasteiger partial charge in [0.1, 0.15) is 5.82 Å². The molecular weight excluding hydrogens is 373 g/mol. The Bertz CT molecular complexity index is 1080. The van der Waals surface area contributed by atoms with Crippen molar-refractivity contribution < 1.29 is 17.5 Å². The minimum atomic E-state index is -3.81. The molecule has 27 heavy (non-hydrogen) atoms. The van der Waals surface area contributed by atoms with Gasteiger partial charge in [0.2, 0.25) is 10.0 Å². The molecule has 10 heteroatoms. The number of hydrogen-bond acceptors (Lipinski definition) is 6. The Labute approximate surface area is 156 Å². The number of aromatic nitrogens is 4. The van der Waals surface area contributed by atoms with E-state index in [1.54, 1.807) is 0 Å². The SMILES string of the molecule is COc1ccc(S(=O)(=O)NCCCc2nnc3nc(C)cc(C)n23)cc1F. The quantitative estimate of drug-likeness (QED) is 0.615. The van der Waals surface area contributed by atoms with Crippen LogP contribution in [0.1, 0.15) is 23.6 Å². The van der Waals surface area contributed by atoms with E-state index in [2.05, 4.69) is 19.9 Å². The minimum absolute atomic E-state index is 0.00755. The summed E-state index contributed by atoms with van der Waals surface area (Å²) in [6.45, 7) is 4.01. The molecule has 0 bridgehead atoms. The van der Waals surface area contributed by atoms with Crippen molar-refractivity contribution in [1.29, 1.82) is 0 Å². The maximum atomic E-state index is 13.7. The van der Waals surface area contributed by atoms with Crippen molar-refractivity contribution in [1.82, 2.24) is 24.3 Å². The zero-order valence-electron chi connectivity index (χ0n) is 15.2. The van der Waals surface area contributed by atoms with Crippen LogP contribution in [-0.2, 0) is 16.4 Å². The van der Waals surface area contributed by atoms with Gasteiger partial charge in [-0.05, 0) is 44.5 Å². The molecule has 0 saturated heterocycles. The normalized spacial score (nSPS) is 11.9. The number of benzene rings is 1. The van der Waals surface area contributed by atoms with Gasteiger partial charge in [0.05, 0.1) is 12.0 Å². The maximum Gasteiger partial charge on any atom is 0.255 e. The number of sulfonamides is 1. The Kier molecular flexibility index (Phi) is 5.38. The number of hydrogen-bond donors (Lipinski definition) is 1. The molecule has 0 aliphatic heterocycles. The molecule has 1 N–H and O–H groups in total. The first-order valence-corrected chi connectivity index (χ1v) is 9.81. The Morgan fingerprint density at radius 3 is 2.70 bits per heavy atom. The molecule has 8 nitrogen and oxygen atoms in total. The van der Waals surface area contributed by atoms with E-state index in [0.29, 0.717) is 24.4 Å². The number of nitrogens with zero attached hydrogens (tertiary/aromatic N) is 4. The lowest BCUT2D eigenvalue weighted by Gasteiger charge is -2.08. The number of halogens is 1. The van der Waals surface area contributed by atoms with Gasteiger partial charge < -0.3 is 4.74 Å². The van der Waals surface area contributed by atoms with Gasteiger partial charge in [-0.15, -0.1) is 10.2 Å². The Morgan fingerprint density at radius 2 is 2.00 bits per heavy atom. The van der Waals surface area contributed by atoms with E-state index >= 15 is 0 Å². The first-order valence-electron chi connectivity index (χ1n) is 8.33. The number of ether oxygens (including phenoxy) is 1. The molecular formula is C17H20FN5O3S. The van der Waals surface area contributed by atoms with Crippen LogP contribution in [0.4, 0.5) is 4.39 Å². The number of fused-ring (bicyclic) bond motifs is 1. The van der Waals surface area contributed by atoms with Crippen LogP contribution in [0, 0.1) is 19.7 Å². The van der Waals surface area contributed by atoms with Crippen LogP contribution in [0.25, 0.3) is 5.78 Å². The van der Waals surface area contributed by atoms with Gasteiger partial charge in [-0.3, -0.25) is 4.40 Å². The number of nitrogens with one attached hydrogen (secondary N) is 1. The summed E-state index contributed by atoms with van der Waals surface area (Å²) in [5, 5.41) is 8.18.